The van der Waals surface area contributed by atoms with Crippen molar-refractivity contribution in [2.45, 2.75) is 13.0 Å². The molecule has 2 aromatic carbocycles. The minimum absolute atomic E-state index is 0.377. The number of halogens is 1. The zero-order valence-electron chi connectivity index (χ0n) is 13.8. The number of anilines is 1. The average molecular weight is 356 g/mol. The smallest absolute Gasteiger partial charge is 0.337 e. The number of para-hydroxylation sites is 1. The van der Waals surface area contributed by atoms with Crippen molar-refractivity contribution in [3.05, 3.63) is 77.2 Å². The summed E-state index contributed by atoms with van der Waals surface area (Å²) < 4.78 is 18.6. The molecule has 0 unspecified atom stereocenters. The van der Waals surface area contributed by atoms with Crippen LogP contribution in [0, 0.1) is 5.82 Å². The Balaban J connectivity index is 2.14. The van der Waals surface area contributed by atoms with Crippen molar-refractivity contribution in [3.8, 4) is 0 Å². The second-order valence-electron chi connectivity index (χ2n) is 5.60. The minimum Gasteiger partial charge on any atom is -0.466 e. The first kappa shape index (κ1) is 17.1. The molecule has 4 nitrogen and oxygen atoms in total. The predicted octanol–water partition coefficient (Wildman–Crippen LogP) is 3.71. The summed E-state index contributed by atoms with van der Waals surface area (Å²) in [6, 6.07) is 15.0. The number of rotatable bonds is 3. The molecule has 1 N–H and O–H groups in total. The summed E-state index contributed by atoms with van der Waals surface area (Å²) in [5, 5.41) is 3.57. The normalized spacial score (nSPS) is 17.3. The molecule has 25 heavy (non-hydrogen) atoms. The Morgan fingerprint density at radius 1 is 1.20 bits per heavy atom. The van der Waals surface area contributed by atoms with E-state index in [-0.39, 0.29) is 5.82 Å². The molecule has 0 saturated carbocycles. The lowest BCUT2D eigenvalue weighted by atomic mass is 9.94. The summed E-state index contributed by atoms with van der Waals surface area (Å²) in [6.45, 7) is 1.80. The Labute approximate surface area is 150 Å². The van der Waals surface area contributed by atoms with Crippen LogP contribution in [0.25, 0.3) is 0 Å². The van der Waals surface area contributed by atoms with Crippen LogP contribution in [0.5, 0.6) is 0 Å². The number of esters is 1. The third-order valence-electron chi connectivity index (χ3n) is 4.09. The van der Waals surface area contributed by atoms with Crippen molar-refractivity contribution < 1.29 is 13.9 Å². The molecule has 0 fully saturated rings. The fraction of sp³-hybridized carbons (Fsp3) is 0.158. The van der Waals surface area contributed by atoms with Gasteiger partial charge in [-0.1, -0.05) is 30.3 Å². The van der Waals surface area contributed by atoms with Gasteiger partial charge in [0.1, 0.15) is 5.82 Å². The average Bonchev–Trinajstić information content (AvgIpc) is 2.61. The lowest BCUT2D eigenvalue weighted by Gasteiger charge is -2.37. The molecule has 1 aliphatic rings. The number of hydrogen-bond donors (Lipinski definition) is 1. The summed E-state index contributed by atoms with van der Waals surface area (Å²) in [6.07, 6.45) is 0. The van der Waals surface area contributed by atoms with Crippen molar-refractivity contribution in [3.63, 3.8) is 0 Å². The predicted molar refractivity (Wildman–Crippen MR) is 98.5 cm³/mol. The number of methoxy groups -OCH3 is 1. The minimum atomic E-state index is -0.574. The quantitative estimate of drug-likeness (QED) is 0.671. The van der Waals surface area contributed by atoms with Crippen molar-refractivity contribution in [2.24, 2.45) is 0 Å². The van der Waals surface area contributed by atoms with Gasteiger partial charge in [0.05, 0.1) is 18.7 Å². The molecule has 0 spiro atoms. The zero-order chi connectivity index (χ0) is 18.0. The van der Waals surface area contributed by atoms with E-state index in [2.05, 4.69) is 5.32 Å². The van der Waals surface area contributed by atoms with Gasteiger partial charge in [-0.25, -0.2) is 9.18 Å². The molecular formula is C19H17FN2O2S. The molecule has 0 radical (unpaired) electrons. The van der Waals surface area contributed by atoms with Crippen LogP contribution in [0.3, 0.4) is 0 Å². The summed E-state index contributed by atoms with van der Waals surface area (Å²) >= 11 is 5.51. The van der Waals surface area contributed by atoms with Crippen molar-refractivity contribution in [1.82, 2.24) is 5.32 Å². The molecular weight excluding hydrogens is 339 g/mol. The lowest BCUT2D eigenvalue weighted by molar-refractivity contribution is -0.136. The molecule has 0 bridgehead atoms. The van der Waals surface area contributed by atoms with Gasteiger partial charge in [-0.2, -0.15) is 0 Å². The number of nitrogens with zero attached hydrogens (tertiary/aromatic N) is 1. The Kier molecular flexibility index (Phi) is 4.81. The van der Waals surface area contributed by atoms with E-state index in [0.717, 1.165) is 5.69 Å². The molecule has 0 saturated heterocycles. The number of benzene rings is 2. The van der Waals surface area contributed by atoms with E-state index in [1.807, 2.05) is 30.3 Å². The van der Waals surface area contributed by atoms with E-state index in [9.17, 15) is 9.18 Å². The highest BCUT2D eigenvalue weighted by Gasteiger charge is 2.35. The molecule has 0 amide bonds. The monoisotopic (exact) mass is 356 g/mol. The second kappa shape index (κ2) is 7.03. The molecule has 1 aliphatic heterocycles. The van der Waals surface area contributed by atoms with Crippen LogP contribution in [0.1, 0.15) is 18.5 Å². The number of thiocarbonyl (C=S) groups is 1. The van der Waals surface area contributed by atoms with Crippen LogP contribution in [0.2, 0.25) is 0 Å². The van der Waals surface area contributed by atoms with E-state index in [1.165, 1.54) is 19.2 Å². The fourth-order valence-corrected chi connectivity index (χ4v) is 3.30. The van der Waals surface area contributed by atoms with Gasteiger partial charge in [0.2, 0.25) is 0 Å². The van der Waals surface area contributed by atoms with Gasteiger partial charge in [-0.3, -0.25) is 4.90 Å². The third kappa shape index (κ3) is 3.25. The van der Waals surface area contributed by atoms with Crippen molar-refractivity contribution in [1.29, 1.82) is 0 Å². The largest absolute Gasteiger partial charge is 0.466 e. The molecule has 3 rings (SSSR count). The molecule has 1 atom stereocenters. The Morgan fingerprint density at radius 2 is 1.92 bits per heavy atom. The fourth-order valence-electron chi connectivity index (χ4n) is 2.94. The van der Waals surface area contributed by atoms with E-state index < -0.39 is 12.0 Å². The number of carbonyl (C=O) groups is 1. The number of carbonyl (C=O) groups excluding carboxylic acids is 1. The number of nitrogens with one attached hydrogen (secondary N) is 1. The standard InChI is InChI=1S/C19H17FN2O2S/c1-12-16(18(23)24-2)17(13-7-6-8-14(20)11-13)21-19(25)22(12)15-9-4-3-5-10-15/h3-11,17H,1-2H3,(H,21,25)/t17-/m1/s1. The molecule has 0 aliphatic carbocycles. The molecule has 128 valence electrons. The third-order valence-corrected chi connectivity index (χ3v) is 4.39. The van der Waals surface area contributed by atoms with Crippen LogP contribution >= 0.6 is 12.2 Å². The zero-order valence-corrected chi connectivity index (χ0v) is 14.6. The van der Waals surface area contributed by atoms with Gasteiger partial charge in [-0.15, -0.1) is 0 Å². The summed E-state index contributed by atoms with van der Waals surface area (Å²) in [5.74, 6) is -0.861. The Hall–Kier alpha value is -2.73. The highest BCUT2D eigenvalue weighted by molar-refractivity contribution is 7.80. The van der Waals surface area contributed by atoms with Crippen molar-refractivity contribution >= 4 is 29.0 Å². The number of hydrogen-bond acceptors (Lipinski definition) is 3. The highest BCUT2D eigenvalue weighted by atomic mass is 32.1. The van der Waals surface area contributed by atoms with E-state index >= 15 is 0 Å². The molecule has 1 heterocycles. The summed E-state index contributed by atoms with van der Waals surface area (Å²) in [7, 11) is 1.32. The van der Waals surface area contributed by atoms with Gasteiger partial charge in [0.15, 0.2) is 5.11 Å². The number of ether oxygens (including phenoxy) is 1. The van der Waals surface area contributed by atoms with Gasteiger partial charge in [0, 0.05) is 11.4 Å². The van der Waals surface area contributed by atoms with Crippen LogP contribution in [0.15, 0.2) is 65.9 Å². The molecule has 2 aromatic rings. The Bertz CT molecular complexity index is 852. The summed E-state index contributed by atoms with van der Waals surface area (Å²) in [5.41, 5.74) is 2.48. The maximum absolute atomic E-state index is 13.7. The first-order chi connectivity index (χ1) is 12.0. The van der Waals surface area contributed by atoms with E-state index in [1.54, 1.807) is 24.0 Å². The van der Waals surface area contributed by atoms with Crippen LogP contribution in [-0.4, -0.2) is 18.2 Å². The maximum Gasteiger partial charge on any atom is 0.337 e. The van der Waals surface area contributed by atoms with E-state index in [0.29, 0.717) is 21.9 Å². The van der Waals surface area contributed by atoms with E-state index in [4.69, 9.17) is 17.0 Å². The first-order valence-electron chi connectivity index (χ1n) is 7.73. The first-order valence-corrected chi connectivity index (χ1v) is 8.14. The van der Waals surface area contributed by atoms with Crippen LogP contribution in [0.4, 0.5) is 10.1 Å². The van der Waals surface area contributed by atoms with Crippen LogP contribution in [-0.2, 0) is 9.53 Å². The van der Waals surface area contributed by atoms with Gasteiger partial charge >= 0.3 is 5.97 Å². The van der Waals surface area contributed by atoms with Gasteiger partial charge < -0.3 is 10.1 Å². The van der Waals surface area contributed by atoms with Crippen LogP contribution < -0.4 is 10.2 Å². The van der Waals surface area contributed by atoms with Gasteiger partial charge in [0.25, 0.3) is 0 Å². The van der Waals surface area contributed by atoms with Crippen molar-refractivity contribution in [2.75, 3.05) is 12.0 Å². The highest BCUT2D eigenvalue weighted by Crippen LogP contribution is 2.34. The second-order valence-corrected chi connectivity index (χ2v) is 5.99. The summed E-state index contributed by atoms with van der Waals surface area (Å²) in [4.78, 5) is 14.2. The SMILES string of the molecule is COC(=O)C1=C(C)N(c2ccccc2)C(=S)N[C@@H]1c1cccc(F)c1. The number of allylic oxidation sites excluding steroid dienone is 1. The molecule has 0 aromatic heterocycles. The lowest BCUT2D eigenvalue weighted by Crippen LogP contribution is -2.48. The van der Waals surface area contributed by atoms with Gasteiger partial charge in [-0.05, 0) is 49.0 Å². The maximum atomic E-state index is 13.7. The topological polar surface area (TPSA) is 41.6 Å². The molecule has 6 heteroatoms. The Morgan fingerprint density at radius 3 is 2.56 bits per heavy atom.